The Morgan fingerprint density at radius 1 is 1.16 bits per heavy atom. The Bertz CT molecular complexity index is 1000. The van der Waals surface area contributed by atoms with E-state index in [1.807, 2.05) is 55.5 Å². The second-order valence-corrected chi connectivity index (χ2v) is 8.11. The molecule has 0 aliphatic carbocycles. The summed E-state index contributed by atoms with van der Waals surface area (Å²) in [6.45, 7) is 5.06. The highest BCUT2D eigenvalue weighted by atomic mass is 32.2. The van der Waals surface area contributed by atoms with Crippen molar-refractivity contribution < 1.29 is 18.8 Å². The van der Waals surface area contributed by atoms with Crippen molar-refractivity contribution in [3.05, 3.63) is 71.1 Å². The minimum absolute atomic E-state index is 0.126. The number of nitrogens with one attached hydrogen (secondary N) is 1. The third-order valence-electron chi connectivity index (χ3n) is 4.61. The third kappa shape index (κ3) is 6.52. The van der Waals surface area contributed by atoms with E-state index in [2.05, 4.69) is 17.4 Å². The predicted molar refractivity (Wildman–Crippen MR) is 122 cm³/mol. The number of unbranched alkanes of at least 4 members (excludes halogenated alkanes) is 1. The SMILES string of the molecule is CCCCOc1ccc(CNC(=O)c2ccccc2SCc2cc(C)no2)cc1OC. The molecule has 1 amide bonds. The van der Waals surface area contributed by atoms with Crippen LogP contribution in [0.15, 0.2) is 57.9 Å². The Hall–Kier alpha value is -2.93. The maximum Gasteiger partial charge on any atom is 0.252 e. The van der Waals surface area contributed by atoms with E-state index in [-0.39, 0.29) is 5.91 Å². The molecule has 0 atom stereocenters. The number of benzene rings is 2. The third-order valence-corrected chi connectivity index (χ3v) is 5.71. The monoisotopic (exact) mass is 440 g/mol. The van der Waals surface area contributed by atoms with Gasteiger partial charge in [0.25, 0.3) is 5.91 Å². The van der Waals surface area contributed by atoms with E-state index < -0.39 is 0 Å². The molecule has 0 fully saturated rings. The maximum absolute atomic E-state index is 12.8. The number of hydrogen-bond acceptors (Lipinski definition) is 6. The molecule has 1 heterocycles. The number of amides is 1. The number of carbonyl (C=O) groups is 1. The van der Waals surface area contributed by atoms with Gasteiger partial charge in [-0.3, -0.25) is 4.79 Å². The molecule has 0 aliphatic heterocycles. The van der Waals surface area contributed by atoms with Gasteiger partial charge >= 0.3 is 0 Å². The molecule has 0 saturated heterocycles. The molecule has 6 nitrogen and oxygen atoms in total. The number of ether oxygens (including phenoxy) is 2. The number of aromatic nitrogens is 1. The van der Waals surface area contributed by atoms with E-state index in [1.54, 1.807) is 18.9 Å². The van der Waals surface area contributed by atoms with Gasteiger partial charge < -0.3 is 19.3 Å². The molecule has 0 radical (unpaired) electrons. The molecule has 0 saturated carbocycles. The number of hydrogen-bond donors (Lipinski definition) is 1. The van der Waals surface area contributed by atoms with Crippen LogP contribution >= 0.6 is 11.8 Å². The first-order valence-electron chi connectivity index (χ1n) is 10.3. The first kappa shape index (κ1) is 22.7. The summed E-state index contributed by atoms with van der Waals surface area (Å²) in [6, 6.07) is 15.2. The lowest BCUT2D eigenvalue weighted by Crippen LogP contribution is -2.23. The molecule has 3 aromatic rings. The summed E-state index contributed by atoms with van der Waals surface area (Å²) in [5.41, 5.74) is 2.42. The van der Waals surface area contributed by atoms with Crippen LogP contribution in [-0.4, -0.2) is 24.8 Å². The zero-order valence-electron chi connectivity index (χ0n) is 18.1. The van der Waals surface area contributed by atoms with Crippen molar-refractivity contribution in [2.24, 2.45) is 0 Å². The molecular formula is C24H28N2O4S. The fourth-order valence-corrected chi connectivity index (χ4v) is 3.88. The van der Waals surface area contributed by atoms with Crippen LogP contribution in [0.4, 0.5) is 0 Å². The van der Waals surface area contributed by atoms with Gasteiger partial charge in [-0.2, -0.15) is 0 Å². The second-order valence-electron chi connectivity index (χ2n) is 7.09. The average Bonchev–Trinajstić information content (AvgIpc) is 3.22. The van der Waals surface area contributed by atoms with Crippen LogP contribution in [0.25, 0.3) is 0 Å². The summed E-state index contributed by atoms with van der Waals surface area (Å²) < 4.78 is 16.5. The molecule has 0 unspecified atom stereocenters. The van der Waals surface area contributed by atoms with Crippen LogP contribution in [0, 0.1) is 6.92 Å². The molecule has 2 aromatic carbocycles. The smallest absolute Gasteiger partial charge is 0.252 e. The molecule has 164 valence electrons. The molecule has 7 heteroatoms. The average molecular weight is 441 g/mol. The molecule has 3 rings (SSSR count). The van der Waals surface area contributed by atoms with Gasteiger partial charge in [0.15, 0.2) is 11.5 Å². The van der Waals surface area contributed by atoms with E-state index in [1.165, 1.54) is 0 Å². The fraction of sp³-hybridized carbons (Fsp3) is 0.333. The van der Waals surface area contributed by atoms with Gasteiger partial charge in [-0.1, -0.05) is 36.7 Å². The van der Waals surface area contributed by atoms with Crippen molar-refractivity contribution in [1.82, 2.24) is 10.5 Å². The number of rotatable bonds is 11. The van der Waals surface area contributed by atoms with Crippen molar-refractivity contribution in [2.75, 3.05) is 13.7 Å². The molecule has 1 aromatic heterocycles. The summed E-state index contributed by atoms with van der Waals surface area (Å²) in [6.07, 6.45) is 2.07. The van der Waals surface area contributed by atoms with E-state index in [0.29, 0.717) is 30.2 Å². The Morgan fingerprint density at radius 2 is 2.00 bits per heavy atom. The summed E-state index contributed by atoms with van der Waals surface area (Å²) in [5.74, 6) is 2.66. The summed E-state index contributed by atoms with van der Waals surface area (Å²) in [5, 5.41) is 6.90. The van der Waals surface area contributed by atoms with Gasteiger partial charge in [0, 0.05) is 17.5 Å². The number of methoxy groups -OCH3 is 1. The lowest BCUT2D eigenvalue weighted by molar-refractivity contribution is 0.0948. The minimum Gasteiger partial charge on any atom is -0.493 e. The number of nitrogens with zero attached hydrogens (tertiary/aromatic N) is 1. The minimum atomic E-state index is -0.126. The van der Waals surface area contributed by atoms with E-state index in [0.717, 1.165) is 40.5 Å². The fourth-order valence-electron chi connectivity index (χ4n) is 2.96. The van der Waals surface area contributed by atoms with Gasteiger partial charge in [-0.05, 0) is 43.2 Å². The van der Waals surface area contributed by atoms with E-state index in [9.17, 15) is 4.79 Å². The number of thioether (sulfide) groups is 1. The molecular weight excluding hydrogens is 412 g/mol. The van der Waals surface area contributed by atoms with Crippen LogP contribution in [0.5, 0.6) is 11.5 Å². The number of carbonyl (C=O) groups excluding carboxylic acids is 1. The standard InChI is InChI=1S/C24H28N2O4S/c1-4-5-12-29-21-11-10-18(14-22(21)28-3)15-25-24(27)20-8-6-7-9-23(20)31-16-19-13-17(2)26-30-19/h6-11,13-14H,4-5,12,15-16H2,1-3H3,(H,25,27). The summed E-state index contributed by atoms with van der Waals surface area (Å²) in [7, 11) is 1.62. The van der Waals surface area contributed by atoms with Crippen LogP contribution < -0.4 is 14.8 Å². The molecule has 1 N–H and O–H groups in total. The Labute approximate surface area is 187 Å². The Balaban J connectivity index is 1.61. The highest BCUT2D eigenvalue weighted by Gasteiger charge is 2.13. The van der Waals surface area contributed by atoms with Crippen LogP contribution in [0.1, 0.15) is 47.1 Å². The van der Waals surface area contributed by atoms with Crippen molar-refractivity contribution in [3.63, 3.8) is 0 Å². The first-order chi connectivity index (χ1) is 15.1. The molecule has 0 spiro atoms. The largest absolute Gasteiger partial charge is 0.493 e. The normalized spacial score (nSPS) is 10.7. The van der Waals surface area contributed by atoms with Gasteiger partial charge in [0.05, 0.1) is 30.7 Å². The lowest BCUT2D eigenvalue weighted by Gasteiger charge is -2.13. The summed E-state index contributed by atoms with van der Waals surface area (Å²) in [4.78, 5) is 13.7. The lowest BCUT2D eigenvalue weighted by atomic mass is 10.1. The van der Waals surface area contributed by atoms with Crippen molar-refractivity contribution in [3.8, 4) is 11.5 Å². The van der Waals surface area contributed by atoms with Crippen LogP contribution in [-0.2, 0) is 12.3 Å². The van der Waals surface area contributed by atoms with Gasteiger partial charge in [-0.25, -0.2) is 0 Å². The van der Waals surface area contributed by atoms with Gasteiger partial charge in [-0.15, -0.1) is 11.8 Å². The summed E-state index contributed by atoms with van der Waals surface area (Å²) >= 11 is 1.55. The highest BCUT2D eigenvalue weighted by Crippen LogP contribution is 2.29. The van der Waals surface area contributed by atoms with Crippen molar-refractivity contribution >= 4 is 17.7 Å². The highest BCUT2D eigenvalue weighted by molar-refractivity contribution is 7.98. The maximum atomic E-state index is 12.8. The molecule has 0 bridgehead atoms. The molecule has 31 heavy (non-hydrogen) atoms. The quantitative estimate of drug-likeness (QED) is 0.318. The van der Waals surface area contributed by atoms with E-state index >= 15 is 0 Å². The van der Waals surface area contributed by atoms with Gasteiger partial charge in [0.1, 0.15) is 5.76 Å². The number of aryl methyl sites for hydroxylation is 1. The Kier molecular flexibility index (Phi) is 8.41. The Morgan fingerprint density at radius 3 is 2.74 bits per heavy atom. The van der Waals surface area contributed by atoms with E-state index in [4.69, 9.17) is 14.0 Å². The van der Waals surface area contributed by atoms with Crippen LogP contribution in [0.3, 0.4) is 0 Å². The van der Waals surface area contributed by atoms with Crippen molar-refractivity contribution in [2.45, 2.75) is 43.9 Å². The second kappa shape index (κ2) is 11.5. The predicted octanol–water partition coefficient (Wildman–Crippen LogP) is 5.39. The zero-order chi connectivity index (χ0) is 22.1. The van der Waals surface area contributed by atoms with Crippen molar-refractivity contribution in [1.29, 1.82) is 0 Å². The molecule has 0 aliphatic rings. The van der Waals surface area contributed by atoms with Crippen LogP contribution in [0.2, 0.25) is 0 Å². The topological polar surface area (TPSA) is 73.6 Å². The van der Waals surface area contributed by atoms with Gasteiger partial charge in [0.2, 0.25) is 0 Å². The first-order valence-corrected chi connectivity index (χ1v) is 11.3. The zero-order valence-corrected chi connectivity index (χ0v) is 19.0.